The Bertz CT molecular complexity index is 1300. The Morgan fingerprint density at radius 3 is 2.12 bits per heavy atom. The van der Waals surface area contributed by atoms with E-state index in [2.05, 4.69) is 5.10 Å². The van der Waals surface area contributed by atoms with Crippen molar-refractivity contribution in [3.05, 3.63) is 46.2 Å². The van der Waals surface area contributed by atoms with Crippen molar-refractivity contribution in [3.8, 4) is 5.88 Å². The van der Waals surface area contributed by atoms with Crippen LogP contribution in [-0.2, 0) is 26.5 Å². The highest BCUT2D eigenvalue weighted by Crippen LogP contribution is 2.33. The van der Waals surface area contributed by atoms with Gasteiger partial charge in [0.2, 0.25) is 5.88 Å². The quantitative estimate of drug-likeness (QED) is 0.417. The van der Waals surface area contributed by atoms with Crippen molar-refractivity contribution in [2.75, 3.05) is 12.5 Å². The number of aromatic nitrogens is 2. The van der Waals surface area contributed by atoms with Crippen LogP contribution in [0.5, 0.6) is 5.88 Å². The van der Waals surface area contributed by atoms with Gasteiger partial charge in [0.15, 0.2) is 15.6 Å². The summed E-state index contributed by atoms with van der Waals surface area (Å²) in [4.78, 5) is 13.6. The summed E-state index contributed by atoms with van der Waals surface area (Å²) in [7, 11) is -7.46. The van der Waals surface area contributed by atoms with Crippen molar-refractivity contribution in [2.24, 2.45) is 5.92 Å². The zero-order valence-corrected chi connectivity index (χ0v) is 21.3. The molecule has 10 heteroatoms. The first kappa shape index (κ1) is 25.8. The number of benzene rings is 1. The van der Waals surface area contributed by atoms with Crippen LogP contribution in [0.25, 0.3) is 5.57 Å². The molecule has 0 aliphatic heterocycles. The van der Waals surface area contributed by atoms with Crippen LogP contribution in [0.2, 0.25) is 0 Å². The van der Waals surface area contributed by atoms with E-state index in [1.807, 2.05) is 27.7 Å². The minimum absolute atomic E-state index is 0.00733. The molecule has 0 bridgehead atoms. The standard InChI is InChI=1S/C22H30N2O6S2/c1-13(2)12-24-22(30-32(8,28)29)18(11-23-24)21(25)17-9-10-19(31(7,26)27)20(16(17)6)15(5)14(3)4/h9-11,13H,12H2,1-8H3. The average molecular weight is 483 g/mol. The Balaban J connectivity index is 2.78. The van der Waals surface area contributed by atoms with Gasteiger partial charge in [0.05, 0.1) is 17.3 Å². The van der Waals surface area contributed by atoms with E-state index < -0.39 is 25.7 Å². The van der Waals surface area contributed by atoms with Gasteiger partial charge in [-0.15, -0.1) is 0 Å². The molecule has 0 fully saturated rings. The van der Waals surface area contributed by atoms with Gasteiger partial charge in [-0.25, -0.2) is 13.1 Å². The van der Waals surface area contributed by atoms with Crippen LogP contribution in [0.15, 0.2) is 28.8 Å². The summed E-state index contributed by atoms with van der Waals surface area (Å²) in [5.74, 6) is -0.528. The smallest absolute Gasteiger partial charge is 0.307 e. The summed E-state index contributed by atoms with van der Waals surface area (Å²) in [6.45, 7) is 11.4. The molecule has 1 aromatic carbocycles. The van der Waals surface area contributed by atoms with Gasteiger partial charge >= 0.3 is 10.1 Å². The number of sulfone groups is 1. The molecule has 32 heavy (non-hydrogen) atoms. The normalized spacial score (nSPS) is 12.2. The van der Waals surface area contributed by atoms with Crippen LogP contribution in [0.4, 0.5) is 0 Å². The molecular weight excluding hydrogens is 452 g/mol. The lowest BCUT2D eigenvalue weighted by atomic mass is 9.91. The summed E-state index contributed by atoms with van der Waals surface area (Å²) in [6.07, 6.45) is 3.30. The van der Waals surface area contributed by atoms with E-state index in [0.29, 0.717) is 17.7 Å². The predicted molar refractivity (Wildman–Crippen MR) is 124 cm³/mol. The summed E-state index contributed by atoms with van der Waals surface area (Å²) in [5, 5.41) is 4.16. The van der Waals surface area contributed by atoms with Crippen molar-refractivity contribution < 1.29 is 25.8 Å². The van der Waals surface area contributed by atoms with E-state index in [1.165, 1.54) is 23.0 Å². The summed E-state index contributed by atoms with van der Waals surface area (Å²) in [6, 6.07) is 2.85. The van der Waals surface area contributed by atoms with Gasteiger partial charge in [0.25, 0.3) is 0 Å². The number of nitrogens with zero attached hydrogens (tertiary/aromatic N) is 2. The number of rotatable bonds is 8. The van der Waals surface area contributed by atoms with Crippen LogP contribution < -0.4 is 4.18 Å². The molecule has 2 aromatic rings. The second-order valence-corrected chi connectivity index (χ2v) is 12.1. The Kier molecular flexibility index (Phi) is 7.41. The van der Waals surface area contributed by atoms with Gasteiger partial charge in [-0.2, -0.15) is 13.5 Å². The molecule has 1 aromatic heterocycles. The first-order valence-corrected chi connectivity index (χ1v) is 13.7. The molecule has 0 radical (unpaired) electrons. The molecule has 176 valence electrons. The van der Waals surface area contributed by atoms with Crippen LogP contribution in [0.1, 0.15) is 61.7 Å². The van der Waals surface area contributed by atoms with Gasteiger partial charge in [0.1, 0.15) is 5.56 Å². The molecule has 0 amide bonds. The van der Waals surface area contributed by atoms with E-state index in [1.54, 1.807) is 13.8 Å². The SMILES string of the molecule is CC(C)=C(C)c1c(S(C)(=O)=O)ccc(C(=O)c2cnn(CC(C)C)c2OS(C)(=O)=O)c1C. The van der Waals surface area contributed by atoms with Gasteiger partial charge in [-0.1, -0.05) is 19.4 Å². The van der Waals surface area contributed by atoms with Crippen LogP contribution >= 0.6 is 0 Å². The third-order valence-corrected chi connectivity index (χ3v) is 6.60. The first-order valence-electron chi connectivity index (χ1n) is 10.0. The van der Waals surface area contributed by atoms with E-state index in [0.717, 1.165) is 23.7 Å². The number of carbonyl (C=O) groups excluding carboxylic acids is 1. The average Bonchev–Trinajstić information content (AvgIpc) is 2.99. The molecule has 1 heterocycles. The third kappa shape index (κ3) is 5.66. The summed E-state index contributed by atoms with van der Waals surface area (Å²) >= 11 is 0. The number of hydrogen-bond donors (Lipinski definition) is 0. The number of ketones is 1. The molecule has 0 aliphatic carbocycles. The maximum Gasteiger partial charge on any atom is 0.307 e. The Morgan fingerprint density at radius 1 is 1.06 bits per heavy atom. The zero-order chi connectivity index (χ0) is 24.6. The fourth-order valence-corrected chi connectivity index (χ4v) is 4.79. The Morgan fingerprint density at radius 2 is 1.66 bits per heavy atom. The molecule has 0 atom stereocenters. The lowest BCUT2D eigenvalue weighted by Crippen LogP contribution is -2.16. The van der Waals surface area contributed by atoms with Gasteiger partial charge in [-0.3, -0.25) is 4.79 Å². The van der Waals surface area contributed by atoms with Crippen molar-refractivity contribution >= 4 is 31.3 Å². The molecule has 2 rings (SSSR count). The minimum atomic E-state index is -3.91. The molecular formula is C22H30N2O6S2. The van der Waals surface area contributed by atoms with Gasteiger partial charge in [0, 0.05) is 18.4 Å². The van der Waals surface area contributed by atoms with Gasteiger partial charge in [-0.05, 0) is 62.4 Å². The van der Waals surface area contributed by atoms with E-state index in [4.69, 9.17) is 4.18 Å². The van der Waals surface area contributed by atoms with Crippen molar-refractivity contribution in [2.45, 2.75) is 53.0 Å². The zero-order valence-electron chi connectivity index (χ0n) is 19.7. The number of hydrogen-bond acceptors (Lipinski definition) is 7. The lowest BCUT2D eigenvalue weighted by Gasteiger charge is -2.17. The van der Waals surface area contributed by atoms with Crippen molar-refractivity contribution in [1.82, 2.24) is 9.78 Å². The number of carbonyl (C=O) groups is 1. The minimum Gasteiger partial charge on any atom is -0.361 e. The largest absolute Gasteiger partial charge is 0.361 e. The highest BCUT2D eigenvalue weighted by molar-refractivity contribution is 7.90. The second-order valence-electron chi connectivity index (χ2n) is 8.56. The van der Waals surface area contributed by atoms with Crippen LogP contribution in [0.3, 0.4) is 0 Å². The summed E-state index contributed by atoms with van der Waals surface area (Å²) in [5.41, 5.74) is 2.86. The lowest BCUT2D eigenvalue weighted by molar-refractivity contribution is 0.103. The molecule has 0 N–H and O–H groups in total. The maximum atomic E-state index is 13.5. The fraction of sp³-hybridized carbons (Fsp3) is 0.455. The van der Waals surface area contributed by atoms with E-state index in [9.17, 15) is 21.6 Å². The Labute approximate surface area is 190 Å². The highest BCUT2D eigenvalue weighted by Gasteiger charge is 2.27. The monoisotopic (exact) mass is 482 g/mol. The predicted octanol–water partition coefficient (Wildman–Crippen LogP) is 3.63. The third-order valence-electron chi connectivity index (χ3n) is 5.00. The van der Waals surface area contributed by atoms with Crippen molar-refractivity contribution in [3.63, 3.8) is 0 Å². The van der Waals surface area contributed by atoms with E-state index >= 15 is 0 Å². The van der Waals surface area contributed by atoms with Crippen molar-refractivity contribution in [1.29, 1.82) is 0 Å². The molecule has 0 unspecified atom stereocenters. The molecule has 0 spiro atoms. The molecule has 0 saturated carbocycles. The molecule has 8 nitrogen and oxygen atoms in total. The van der Waals surface area contributed by atoms with E-state index in [-0.39, 0.29) is 27.8 Å². The molecule has 0 aliphatic rings. The fourth-order valence-electron chi connectivity index (χ4n) is 3.34. The second kappa shape index (κ2) is 9.19. The van der Waals surface area contributed by atoms with Crippen LogP contribution in [-0.4, -0.2) is 44.9 Å². The maximum absolute atomic E-state index is 13.5. The number of allylic oxidation sites excluding steroid dienone is 2. The van der Waals surface area contributed by atoms with Crippen LogP contribution in [0, 0.1) is 12.8 Å². The van der Waals surface area contributed by atoms with Gasteiger partial charge < -0.3 is 4.18 Å². The topological polar surface area (TPSA) is 112 Å². The molecule has 0 saturated heterocycles. The first-order chi connectivity index (χ1) is 14.5. The highest BCUT2D eigenvalue weighted by atomic mass is 32.2. The Hall–Kier alpha value is -2.46. The summed E-state index contributed by atoms with van der Waals surface area (Å²) < 4.78 is 54.9.